The number of halogens is 3. The van der Waals surface area contributed by atoms with E-state index in [2.05, 4.69) is 10.3 Å². The maximum absolute atomic E-state index is 13.0. The van der Waals surface area contributed by atoms with Crippen molar-refractivity contribution in [2.24, 2.45) is 0 Å². The van der Waals surface area contributed by atoms with Gasteiger partial charge in [0.15, 0.2) is 11.5 Å². The molecule has 0 saturated heterocycles. The number of alkyl halides is 3. The first kappa shape index (κ1) is 24.9. The molecule has 0 amide bonds. The molecule has 5 aromatic rings. The fraction of sp³-hybridized carbons (Fsp3) is 0.143. The minimum atomic E-state index is -4.42. The van der Waals surface area contributed by atoms with Crippen LogP contribution in [0.3, 0.4) is 0 Å². The molecule has 0 radical (unpaired) electrons. The van der Waals surface area contributed by atoms with Crippen LogP contribution in [-0.2, 0) is 12.7 Å². The van der Waals surface area contributed by atoms with Gasteiger partial charge in [-0.05, 0) is 60.7 Å². The molecule has 2 aromatic heterocycles. The predicted octanol–water partition coefficient (Wildman–Crippen LogP) is 6.03. The van der Waals surface area contributed by atoms with Crippen LogP contribution in [0.4, 0.5) is 18.9 Å². The van der Waals surface area contributed by atoms with Gasteiger partial charge in [0.1, 0.15) is 11.3 Å². The smallest absolute Gasteiger partial charge is 0.416 e. The number of fused-ring (bicyclic) bond motifs is 1. The Morgan fingerprint density at radius 2 is 1.63 bits per heavy atom. The lowest BCUT2D eigenvalue weighted by Gasteiger charge is -2.10. The molecule has 0 fully saturated rings. The van der Waals surface area contributed by atoms with Crippen LogP contribution in [0.25, 0.3) is 28.0 Å². The van der Waals surface area contributed by atoms with Gasteiger partial charge in [-0.3, -0.25) is 4.79 Å². The second kappa shape index (κ2) is 9.97. The van der Waals surface area contributed by atoms with Crippen molar-refractivity contribution in [3.63, 3.8) is 0 Å². The minimum Gasteiger partial charge on any atom is -0.493 e. The molecule has 0 saturated carbocycles. The molecule has 0 aliphatic rings. The Morgan fingerprint density at radius 1 is 0.921 bits per heavy atom. The number of ether oxygens (including phenoxy) is 2. The van der Waals surface area contributed by atoms with Crippen molar-refractivity contribution in [1.82, 2.24) is 14.8 Å². The highest BCUT2D eigenvalue weighted by Crippen LogP contribution is 2.35. The van der Waals surface area contributed by atoms with E-state index in [0.29, 0.717) is 39.5 Å². The third-order valence-electron chi connectivity index (χ3n) is 6.12. The monoisotopic (exact) mass is 520 g/mol. The van der Waals surface area contributed by atoms with Crippen LogP contribution in [0.5, 0.6) is 11.5 Å². The van der Waals surface area contributed by atoms with E-state index in [1.807, 2.05) is 36.4 Å². The first-order valence-electron chi connectivity index (χ1n) is 11.6. The number of hydrogen-bond donors (Lipinski definition) is 2. The molecule has 7 nitrogen and oxygen atoms in total. The van der Waals surface area contributed by atoms with E-state index in [0.717, 1.165) is 23.4 Å². The number of benzene rings is 3. The number of H-pyrrole nitrogens is 1. The summed E-state index contributed by atoms with van der Waals surface area (Å²) in [6, 6.07) is 21.2. The number of rotatable bonds is 7. The predicted molar refractivity (Wildman–Crippen MR) is 139 cm³/mol. The Bertz CT molecular complexity index is 1640. The molecule has 2 heterocycles. The van der Waals surface area contributed by atoms with E-state index in [1.165, 1.54) is 12.1 Å². The molecule has 0 atom stereocenters. The number of nitrogens with one attached hydrogen (secondary N) is 2. The van der Waals surface area contributed by atoms with Crippen molar-refractivity contribution in [2.45, 2.75) is 12.7 Å². The van der Waals surface area contributed by atoms with Gasteiger partial charge in [-0.25, -0.2) is 4.68 Å². The molecule has 38 heavy (non-hydrogen) atoms. The third-order valence-corrected chi connectivity index (χ3v) is 6.12. The highest BCUT2D eigenvalue weighted by molar-refractivity contribution is 5.93. The summed E-state index contributed by atoms with van der Waals surface area (Å²) in [6.45, 7) is 0.0958. The summed E-state index contributed by atoms with van der Waals surface area (Å²) < 4.78 is 51.1. The Balaban J connectivity index is 1.58. The molecule has 0 aliphatic carbocycles. The lowest BCUT2D eigenvalue weighted by molar-refractivity contribution is -0.137. The maximum atomic E-state index is 13.0. The normalized spacial score (nSPS) is 11.5. The Hall–Kier alpha value is -4.73. The Labute approximate surface area is 215 Å². The molecule has 3 aromatic carbocycles. The SMILES string of the molecule is COc1ccc(-c2nn(-c3ccccc3)c3[nH]c(=O)c(CNc4ccc(C(F)(F)F)cc4)cc23)cc1OC. The van der Waals surface area contributed by atoms with E-state index in [4.69, 9.17) is 14.6 Å². The maximum Gasteiger partial charge on any atom is 0.416 e. The third kappa shape index (κ3) is 4.80. The molecule has 5 rings (SSSR count). The van der Waals surface area contributed by atoms with Crippen molar-refractivity contribution in [3.05, 3.63) is 100 Å². The second-order valence-electron chi connectivity index (χ2n) is 8.48. The van der Waals surface area contributed by atoms with Gasteiger partial charge in [-0.2, -0.15) is 18.3 Å². The van der Waals surface area contributed by atoms with E-state index in [9.17, 15) is 18.0 Å². The average Bonchev–Trinajstić information content (AvgIpc) is 3.29. The fourth-order valence-electron chi connectivity index (χ4n) is 4.17. The molecule has 10 heteroatoms. The first-order chi connectivity index (χ1) is 18.3. The van der Waals surface area contributed by atoms with Crippen LogP contribution in [0.15, 0.2) is 83.7 Å². The second-order valence-corrected chi connectivity index (χ2v) is 8.48. The van der Waals surface area contributed by atoms with Gasteiger partial charge in [-0.15, -0.1) is 0 Å². The number of methoxy groups -OCH3 is 2. The van der Waals surface area contributed by atoms with Crippen LogP contribution < -0.4 is 20.3 Å². The summed E-state index contributed by atoms with van der Waals surface area (Å²) in [6.07, 6.45) is -4.42. The van der Waals surface area contributed by atoms with Gasteiger partial charge in [0, 0.05) is 28.7 Å². The Kier molecular flexibility index (Phi) is 6.54. The molecular formula is C28H23F3N4O3. The van der Waals surface area contributed by atoms with Crippen LogP contribution >= 0.6 is 0 Å². The van der Waals surface area contributed by atoms with Crippen molar-refractivity contribution in [3.8, 4) is 28.4 Å². The highest BCUT2D eigenvalue weighted by Gasteiger charge is 2.30. The number of nitrogens with zero attached hydrogens (tertiary/aromatic N) is 2. The minimum absolute atomic E-state index is 0.0958. The van der Waals surface area contributed by atoms with Crippen molar-refractivity contribution < 1.29 is 22.6 Å². The van der Waals surface area contributed by atoms with E-state index in [1.54, 1.807) is 37.1 Å². The summed E-state index contributed by atoms with van der Waals surface area (Å²) in [5.41, 5.74) is 2.39. The van der Waals surface area contributed by atoms with Crippen LogP contribution in [0, 0.1) is 0 Å². The molecule has 2 N–H and O–H groups in total. The number of aromatic nitrogens is 3. The van der Waals surface area contributed by atoms with Gasteiger partial charge in [0.2, 0.25) is 0 Å². The molecule has 0 aliphatic heterocycles. The molecular weight excluding hydrogens is 497 g/mol. The van der Waals surface area contributed by atoms with Gasteiger partial charge in [0.05, 0.1) is 25.5 Å². The number of para-hydroxylation sites is 1. The zero-order chi connectivity index (χ0) is 26.9. The van der Waals surface area contributed by atoms with E-state index < -0.39 is 11.7 Å². The molecule has 194 valence electrons. The topological polar surface area (TPSA) is 81.2 Å². The van der Waals surface area contributed by atoms with Crippen LogP contribution in [0.2, 0.25) is 0 Å². The number of hydrogen-bond acceptors (Lipinski definition) is 5. The zero-order valence-electron chi connectivity index (χ0n) is 20.5. The summed E-state index contributed by atoms with van der Waals surface area (Å²) >= 11 is 0. The van der Waals surface area contributed by atoms with Crippen molar-refractivity contribution in [1.29, 1.82) is 0 Å². The van der Waals surface area contributed by atoms with E-state index >= 15 is 0 Å². The summed E-state index contributed by atoms with van der Waals surface area (Å²) in [5.74, 6) is 1.10. The fourth-order valence-corrected chi connectivity index (χ4v) is 4.17. The highest BCUT2D eigenvalue weighted by atomic mass is 19.4. The van der Waals surface area contributed by atoms with Gasteiger partial charge < -0.3 is 19.8 Å². The summed E-state index contributed by atoms with van der Waals surface area (Å²) in [4.78, 5) is 16.0. The summed E-state index contributed by atoms with van der Waals surface area (Å²) in [5, 5.41) is 8.53. The van der Waals surface area contributed by atoms with Gasteiger partial charge in [-0.1, -0.05) is 18.2 Å². The number of pyridine rings is 1. The zero-order valence-corrected chi connectivity index (χ0v) is 20.5. The average molecular weight is 521 g/mol. The van der Waals surface area contributed by atoms with Gasteiger partial charge >= 0.3 is 6.18 Å². The van der Waals surface area contributed by atoms with E-state index in [-0.39, 0.29) is 12.1 Å². The van der Waals surface area contributed by atoms with Gasteiger partial charge in [0.25, 0.3) is 5.56 Å². The lowest BCUT2D eigenvalue weighted by atomic mass is 10.1. The molecule has 0 spiro atoms. The quantitative estimate of drug-likeness (QED) is 0.274. The standard InChI is InChI=1S/C28H23F3N4O3/c1-37-23-13-8-17(15-24(23)38-2)25-22-14-18(16-32-20-11-9-19(10-12-20)28(29,30)31)27(36)33-26(22)35(34-25)21-6-4-3-5-7-21/h3-15,32H,16H2,1-2H3,(H,33,36). The molecule has 0 bridgehead atoms. The number of aromatic amines is 1. The van der Waals surface area contributed by atoms with Crippen molar-refractivity contribution in [2.75, 3.05) is 19.5 Å². The number of anilines is 1. The first-order valence-corrected chi connectivity index (χ1v) is 11.6. The van der Waals surface area contributed by atoms with Crippen molar-refractivity contribution >= 4 is 16.7 Å². The lowest BCUT2D eigenvalue weighted by Crippen LogP contribution is -2.16. The largest absolute Gasteiger partial charge is 0.493 e. The summed E-state index contributed by atoms with van der Waals surface area (Å²) in [7, 11) is 3.10. The van der Waals surface area contributed by atoms with Crippen LogP contribution in [0.1, 0.15) is 11.1 Å². The Morgan fingerprint density at radius 3 is 2.29 bits per heavy atom. The molecule has 0 unspecified atom stereocenters. The van der Waals surface area contributed by atoms with Crippen LogP contribution in [-0.4, -0.2) is 29.0 Å².